The van der Waals surface area contributed by atoms with Crippen molar-refractivity contribution in [1.29, 1.82) is 5.26 Å². The molecule has 5 heteroatoms. The second-order valence-corrected chi connectivity index (χ2v) is 4.24. The van der Waals surface area contributed by atoms with Crippen LogP contribution in [0.3, 0.4) is 0 Å². The molecule has 0 aliphatic rings. The molecule has 0 spiro atoms. The number of aromatic nitrogens is 3. The molecule has 2 aromatic heterocycles. The predicted octanol–water partition coefficient (Wildman–Crippen LogP) is 1.87. The number of nitriles is 1. The van der Waals surface area contributed by atoms with E-state index < -0.39 is 0 Å². The molecule has 1 N–H and O–H groups in total. The van der Waals surface area contributed by atoms with Gasteiger partial charge in [0.1, 0.15) is 17.3 Å². The molecule has 19 heavy (non-hydrogen) atoms. The molecule has 0 unspecified atom stereocenters. The van der Waals surface area contributed by atoms with Gasteiger partial charge in [-0.05, 0) is 6.92 Å². The van der Waals surface area contributed by atoms with Gasteiger partial charge >= 0.3 is 0 Å². The normalized spacial score (nSPS) is 10.5. The third-order valence-corrected chi connectivity index (χ3v) is 2.96. The van der Waals surface area contributed by atoms with E-state index in [0.717, 1.165) is 5.56 Å². The Morgan fingerprint density at radius 3 is 2.74 bits per heavy atom. The predicted molar refractivity (Wildman–Crippen MR) is 70.7 cm³/mol. The largest absolute Gasteiger partial charge is 0.306 e. The molecule has 0 bridgehead atoms. The number of nitrogens with one attached hydrogen (secondary N) is 1. The Kier molecular flexibility index (Phi) is 2.43. The highest BCUT2D eigenvalue weighted by Gasteiger charge is 2.15. The fourth-order valence-electron chi connectivity index (χ4n) is 2.10. The van der Waals surface area contributed by atoms with Gasteiger partial charge in [-0.15, -0.1) is 0 Å². The van der Waals surface area contributed by atoms with Crippen LogP contribution in [0.4, 0.5) is 0 Å². The average Bonchev–Trinajstić information content (AvgIpc) is 2.78. The van der Waals surface area contributed by atoms with Crippen LogP contribution in [0.1, 0.15) is 11.3 Å². The van der Waals surface area contributed by atoms with Crippen molar-refractivity contribution in [2.45, 2.75) is 6.92 Å². The number of fused-ring (bicyclic) bond motifs is 1. The van der Waals surface area contributed by atoms with Crippen LogP contribution in [0, 0.1) is 18.3 Å². The number of H-pyrrole nitrogens is 1. The molecule has 0 amide bonds. The number of nitrogens with zero attached hydrogens (tertiary/aromatic N) is 3. The van der Waals surface area contributed by atoms with Gasteiger partial charge < -0.3 is 4.98 Å². The Morgan fingerprint density at radius 1 is 1.32 bits per heavy atom. The summed E-state index contributed by atoms with van der Waals surface area (Å²) in [5.74, 6) is 0. The van der Waals surface area contributed by atoms with Crippen molar-refractivity contribution >= 4 is 5.65 Å². The Balaban J connectivity index is 2.42. The van der Waals surface area contributed by atoms with Crippen molar-refractivity contribution < 1.29 is 0 Å². The first-order valence-corrected chi connectivity index (χ1v) is 5.79. The summed E-state index contributed by atoms with van der Waals surface area (Å²) in [6, 6.07) is 13.0. The lowest BCUT2D eigenvalue weighted by Crippen LogP contribution is -2.09. The zero-order valence-corrected chi connectivity index (χ0v) is 10.2. The van der Waals surface area contributed by atoms with Gasteiger partial charge in [0.15, 0.2) is 5.65 Å². The second kappa shape index (κ2) is 4.10. The van der Waals surface area contributed by atoms with Crippen LogP contribution in [0.2, 0.25) is 0 Å². The molecule has 0 atom stereocenters. The molecule has 3 rings (SSSR count). The summed E-state index contributed by atoms with van der Waals surface area (Å²) in [7, 11) is 0. The molecule has 0 fully saturated rings. The molecular weight excluding hydrogens is 240 g/mol. The summed E-state index contributed by atoms with van der Waals surface area (Å²) in [6.07, 6.45) is 0. The first-order valence-electron chi connectivity index (χ1n) is 5.79. The van der Waals surface area contributed by atoms with E-state index in [1.54, 1.807) is 11.4 Å². The third kappa shape index (κ3) is 1.70. The molecule has 2 heterocycles. The van der Waals surface area contributed by atoms with E-state index >= 15 is 0 Å². The van der Waals surface area contributed by atoms with E-state index in [9.17, 15) is 10.1 Å². The van der Waals surface area contributed by atoms with Gasteiger partial charge in [-0.1, -0.05) is 30.3 Å². The Bertz CT molecular complexity index is 853. The third-order valence-electron chi connectivity index (χ3n) is 2.96. The summed E-state index contributed by atoms with van der Waals surface area (Å²) in [6.45, 7) is 1.78. The minimum Gasteiger partial charge on any atom is -0.306 e. The fourth-order valence-corrected chi connectivity index (χ4v) is 2.10. The highest BCUT2D eigenvalue weighted by Crippen LogP contribution is 2.24. The van der Waals surface area contributed by atoms with Crippen LogP contribution >= 0.6 is 0 Å². The smallest absolute Gasteiger partial charge is 0.251 e. The molecule has 3 aromatic rings. The van der Waals surface area contributed by atoms with E-state index in [4.69, 9.17) is 0 Å². The molecule has 1 aromatic carbocycles. The van der Waals surface area contributed by atoms with Crippen LogP contribution in [0.5, 0.6) is 0 Å². The summed E-state index contributed by atoms with van der Waals surface area (Å²) in [5.41, 5.74) is 2.70. The van der Waals surface area contributed by atoms with Gasteiger partial charge in [-0.2, -0.15) is 10.4 Å². The van der Waals surface area contributed by atoms with Gasteiger partial charge in [-0.3, -0.25) is 4.79 Å². The van der Waals surface area contributed by atoms with Crippen molar-refractivity contribution in [3.05, 3.63) is 58.0 Å². The molecule has 0 saturated heterocycles. The monoisotopic (exact) mass is 250 g/mol. The van der Waals surface area contributed by atoms with Crippen molar-refractivity contribution in [2.24, 2.45) is 0 Å². The van der Waals surface area contributed by atoms with Gasteiger partial charge in [-0.25, -0.2) is 4.52 Å². The minimum absolute atomic E-state index is 0.235. The number of aryl methyl sites for hydroxylation is 1. The number of benzene rings is 1. The summed E-state index contributed by atoms with van der Waals surface area (Å²) < 4.78 is 1.59. The quantitative estimate of drug-likeness (QED) is 0.716. The molecule has 0 aliphatic carbocycles. The van der Waals surface area contributed by atoms with Crippen LogP contribution in [-0.2, 0) is 0 Å². The van der Waals surface area contributed by atoms with E-state index in [1.807, 2.05) is 30.3 Å². The first kappa shape index (κ1) is 11.2. The summed E-state index contributed by atoms with van der Waals surface area (Å²) in [5, 5.41) is 13.7. The Morgan fingerprint density at radius 2 is 2.05 bits per heavy atom. The average molecular weight is 250 g/mol. The highest BCUT2D eigenvalue weighted by atomic mass is 16.1. The Labute approximate surface area is 108 Å². The van der Waals surface area contributed by atoms with Crippen molar-refractivity contribution in [1.82, 2.24) is 14.6 Å². The molecule has 92 valence electrons. The van der Waals surface area contributed by atoms with E-state index in [2.05, 4.69) is 16.2 Å². The lowest BCUT2D eigenvalue weighted by molar-refractivity contribution is 0.890. The molecule has 0 radical (unpaired) electrons. The SMILES string of the molecule is Cc1cc(=O)[nH]c2c(C#N)c(-c3ccccc3)nn12. The maximum atomic E-state index is 11.5. The summed E-state index contributed by atoms with van der Waals surface area (Å²) in [4.78, 5) is 14.2. The highest BCUT2D eigenvalue weighted by molar-refractivity contribution is 5.74. The van der Waals surface area contributed by atoms with Crippen molar-refractivity contribution in [3.8, 4) is 17.3 Å². The fraction of sp³-hybridized carbons (Fsp3) is 0.0714. The summed E-state index contributed by atoms with van der Waals surface area (Å²) >= 11 is 0. The molecule has 0 saturated carbocycles. The van der Waals surface area contributed by atoms with Gasteiger partial charge in [0.2, 0.25) is 0 Å². The van der Waals surface area contributed by atoms with E-state index in [1.165, 1.54) is 6.07 Å². The van der Waals surface area contributed by atoms with Gasteiger partial charge in [0.05, 0.1) is 0 Å². The van der Waals surface area contributed by atoms with Crippen LogP contribution in [-0.4, -0.2) is 14.6 Å². The van der Waals surface area contributed by atoms with Crippen LogP contribution in [0.15, 0.2) is 41.2 Å². The molecule has 0 aliphatic heterocycles. The zero-order chi connectivity index (χ0) is 13.4. The van der Waals surface area contributed by atoms with E-state index in [-0.39, 0.29) is 5.56 Å². The van der Waals surface area contributed by atoms with Crippen LogP contribution in [0.25, 0.3) is 16.9 Å². The zero-order valence-electron chi connectivity index (χ0n) is 10.2. The minimum atomic E-state index is -0.235. The number of aromatic amines is 1. The second-order valence-electron chi connectivity index (χ2n) is 4.24. The van der Waals surface area contributed by atoms with Crippen molar-refractivity contribution in [2.75, 3.05) is 0 Å². The number of rotatable bonds is 1. The topological polar surface area (TPSA) is 73.9 Å². The Hall–Kier alpha value is -2.87. The van der Waals surface area contributed by atoms with Crippen LogP contribution < -0.4 is 5.56 Å². The first-order chi connectivity index (χ1) is 9.20. The van der Waals surface area contributed by atoms with Gasteiger partial charge in [0.25, 0.3) is 5.56 Å². The standard InChI is InChI=1S/C14H10N4O/c1-9-7-12(19)16-14-11(8-15)13(17-18(9)14)10-5-3-2-4-6-10/h2-7H,1H3,(H,16,19). The lowest BCUT2D eigenvalue weighted by atomic mass is 10.1. The van der Waals surface area contributed by atoms with Crippen molar-refractivity contribution in [3.63, 3.8) is 0 Å². The maximum Gasteiger partial charge on any atom is 0.251 e. The maximum absolute atomic E-state index is 11.5. The van der Waals surface area contributed by atoms with Gasteiger partial charge in [0, 0.05) is 17.3 Å². The number of hydrogen-bond acceptors (Lipinski definition) is 3. The van der Waals surface area contributed by atoms with E-state index in [0.29, 0.717) is 22.6 Å². The lowest BCUT2D eigenvalue weighted by Gasteiger charge is -1.96. The number of hydrogen-bond donors (Lipinski definition) is 1. The molecule has 5 nitrogen and oxygen atoms in total. The molecular formula is C14H10N4O.